The van der Waals surface area contributed by atoms with Gasteiger partial charge in [-0.05, 0) is 41.8 Å². The number of benzene rings is 2. The first-order valence-electron chi connectivity index (χ1n) is 8.64. The molecule has 136 valence electrons. The molecule has 0 aliphatic carbocycles. The number of nitrogens with one attached hydrogen (secondary N) is 1. The van der Waals surface area contributed by atoms with Gasteiger partial charge < -0.3 is 10.2 Å². The summed E-state index contributed by atoms with van der Waals surface area (Å²) in [4.78, 5) is 18.8. The van der Waals surface area contributed by atoms with Crippen molar-refractivity contribution >= 4 is 17.4 Å². The van der Waals surface area contributed by atoms with Crippen LogP contribution in [-0.4, -0.2) is 22.3 Å². The van der Waals surface area contributed by atoms with Crippen LogP contribution in [0, 0.1) is 11.6 Å². The quantitative estimate of drug-likeness (QED) is 0.753. The molecule has 6 heteroatoms. The van der Waals surface area contributed by atoms with Gasteiger partial charge in [-0.15, -0.1) is 0 Å². The third-order valence-electron chi connectivity index (χ3n) is 4.62. The molecule has 1 aliphatic heterocycles. The smallest absolute Gasteiger partial charge is 0.254 e. The number of anilines is 2. The van der Waals surface area contributed by atoms with Crippen molar-refractivity contribution in [3.63, 3.8) is 0 Å². The second kappa shape index (κ2) is 7.15. The molecule has 1 amide bonds. The van der Waals surface area contributed by atoms with E-state index >= 15 is 0 Å². The van der Waals surface area contributed by atoms with E-state index in [-0.39, 0.29) is 11.6 Å². The summed E-state index contributed by atoms with van der Waals surface area (Å²) in [5.74, 6) is -1.15. The first-order chi connectivity index (χ1) is 13.1. The number of aromatic nitrogens is 1. The van der Waals surface area contributed by atoms with E-state index in [0.717, 1.165) is 24.1 Å². The zero-order valence-corrected chi connectivity index (χ0v) is 14.5. The summed E-state index contributed by atoms with van der Waals surface area (Å²) in [6.07, 6.45) is 2.31. The van der Waals surface area contributed by atoms with Crippen LogP contribution in [0.4, 0.5) is 20.3 Å². The number of rotatable bonds is 3. The highest BCUT2D eigenvalue weighted by molar-refractivity contribution is 5.95. The van der Waals surface area contributed by atoms with E-state index in [2.05, 4.69) is 16.4 Å². The van der Waals surface area contributed by atoms with E-state index < -0.39 is 11.6 Å². The highest BCUT2D eigenvalue weighted by Gasteiger charge is 2.22. The highest BCUT2D eigenvalue weighted by Crippen LogP contribution is 2.23. The van der Waals surface area contributed by atoms with Crippen molar-refractivity contribution in [3.05, 3.63) is 89.1 Å². The van der Waals surface area contributed by atoms with Gasteiger partial charge in [0.1, 0.15) is 17.5 Å². The Morgan fingerprint density at radius 1 is 1.04 bits per heavy atom. The molecule has 3 aromatic rings. The Kier molecular flexibility index (Phi) is 4.54. The van der Waals surface area contributed by atoms with Crippen LogP contribution in [0.3, 0.4) is 0 Å². The fourth-order valence-corrected chi connectivity index (χ4v) is 3.21. The topological polar surface area (TPSA) is 45.2 Å². The van der Waals surface area contributed by atoms with Crippen LogP contribution in [0.5, 0.6) is 0 Å². The Balaban J connectivity index is 1.53. The molecule has 0 atom stereocenters. The number of pyridine rings is 1. The number of halogens is 2. The zero-order valence-electron chi connectivity index (χ0n) is 14.5. The molecule has 0 saturated carbocycles. The second-order valence-electron chi connectivity index (χ2n) is 6.42. The van der Waals surface area contributed by atoms with Gasteiger partial charge in [0, 0.05) is 30.9 Å². The Labute approximate surface area is 155 Å². The van der Waals surface area contributed by atoms with Crippen molar-refractivity contribution in [1.82, 2.24) is 9.88 Å². The second-order valence-corrected chi connectivity index (χ2v) is 6.42. The van der Waals surface area contributed by atoms with Crippen LogP contribution < -0.4 is 5.32 Å². The SMILES string of the molecule is O=C(c1ccnc(Nc2ccc(F)cc2F)c1)N1CCc2ccccc2C1. The third kappa shape index (κ3) is 3.65. The zero-order chi connectivity index (χ0) is 18.8. The molecule has 0 saturated heterocycles. The molecule has 0 bridgehead atoms. The van der Waals surface area contributed by atoms with Gasteiger partial charge in [0.05, 0.1) is 5.69 Å². The molecule has 0 radical (unpaired) electrons. The van der Waals surface area contributed by atoms with Gasteiger partial charge in [0.15, 0.2) is 0 Å². The molecule has 27 heavy (non-hydrogen) atoms. The minimum absolute atomic E-state index is 0.0976. The number of amides is 1. The number of carbonyl (C=O) groups excluding carboxylic acids is 1. The number of hydrogen-bond donors (Lipinski definition) is 1. The lowest BCUT2D eigenvalue weighted by Gasteiger charge is -2.29. The molecule has 4 nitrogen and oxygen atoms in total. The van der Waals surface area contributed by atoms with E-state index in [1.165, 1.54) is 17.8 Å². The highest BCUT2D eigenvalue weighted by atomic mass is 19.1. The maximum atomic E-state index is 13.8. The van der Waals surface area contributed by atoms with E-state index in [0.29, 0.717) is 24.5 Å². The summed E-state index contributed by atoms with van der Waals surface area (Å²) in [5.41, 5.74) is 2.98. The Bertz CT molecular complexity index is 1010. The van der Waals surface area contributed by atoms with Crippen LogP contribution in [0.2, 0.25) is 0 Å². The van der Waals surface area contributed by atoms with E-state index in [4.69, 9.17) is 0 Å². The molecule has 1 aromatic heterocycles. The summed E-state index contributed by atoms with van der Waals surface area (Å²) in [6, 6.07) is 14.6. The van der Waals surface area contributed by atoms with Gasteiger partial charge in [0.2, 0.25) is 0 Å². The molecule has 0 fully saturated rings. The van der Waals surface area contributed by atoms with Crippen LogP contribution in [0.15, 0.2) is 60.8 Å². The summed E-state index contributed by atoms with van der Waals surface area (Å²) < 4.78 is 26.9. The van der Waals surface area contributed by atoms with Crippen LogP contribution in [0.25, 0.3) is 0 Å². The summed E-state index contributed by atoms with van der Waals surface area (Å²) in [7, 11) is 0. The number of nitrogens with zero attached hydrogens (tertiary/aromatic N) is 2. The first kappa shape index (κ1) is 17.1. The van der Waals surface area contributed by atoms with Crippen molar-refractivity contribution in [2.24, 2.45) is 0 Å². The van der Waals surface area contributed by atoms with Gasteiger partial charge in [-0.1, -0.05) is 24.3 Å². The number of hydrogen-bond acceptors (Lipinski definition) is 3. The first-order valence-corrected chi connectivity index (χ1v) is 8.64. The van der Waals surface area contributed by atoms with Crippen LogP contribution >= 0.6 is 0 Å². The van der Waals surface area contributed by atoms with Crippen molar-refractivity contribution in [1.29, 1.82) is 0 Å². The molecule has 1 aliphatic rings. The Morgan fingerprint density at radius 3 is 2.67 bits per heavy atom. The van der Waals surface area contributed by atoms with Crippen LogP contribution in [0.1, 0.15) is 21.5 Å². The molecule has 0 spiro atoms. The van der Waals surface area contributed by atoms with Crippen LogP contribution in [-0.2, 0) is 13.0 Å². The lowest BCUT2D eigenvalue weighted by molar-refractivity contribution is 0.0734. The standard InChI is InChI=1S/C21H17F2N3O/c22-17-5-6-19(18(23)12-17)25-20-11-15(7-9-24-20)21(27)26-10-8-14-3-1-2-4-16(14)13-26/h1-7,9,11-12H,8,10,13H2,(H,24,25). The minimum atomic E-state index is -0.721. The Hall–Kier alpha value is -3.28. The average molecular weight is 365 g/mol. The normalized spacial score (nSPS) is 13.2. The van der Waals surface area contributed by atoms with Crippen molar-refractivity contribution in [2.45, 2.75) is 13.0 Å². The van der Waals surface area contributed by atoms with E-state index in [1.807, 2.05) is 18.2 Å². The fraction of sp³-hybridized carbons (Fsp3) is 0.143. The van der Waals surface area contributed by atoms with Gasteiger partial charge in [-0.25, -0.2) is 13.8 Å². The predicted octanol–water partition coefficient (Wildman–Crippen LogP) is 4.30. The molecular weight excluding hydrogens is 348 g/mol. The maximum Gasteiger partial charge on any atom is 0.254 e. The average Bonchev–Trinajstić information content (AvgIpc) is 2.69. The molecule has 1 N–H and O–H groups in total. The van der Waals surface area contributed by atoms with Gasteiger partial charge >= 0.3 is 0 Å². The molecule has 4 rings (SSSR count). The number of fused-ring (bicyclic) bond motifs is 1. The van der Waals surface area contributed by atoms with Crippen molar-refractivity contribution in [2.75, 3.05) is 11.9 Å². The summed E-state index contributed by atoms with van der Waals surface area (Å²) in [6.45, 7) is 1.21. The van der Waals surface area contributed by atoms with Crippen molar-refractivity contribution in [3.8, 4) is 0 Å². The van der Waals surface area contributed by atoms with E-state index in [9.17, 15) is 13.6 Å². The largest absolute Gasteiger partial charge is 0.338 e. The molecule has 2 heterocycles. The monoisotopic (exact) mass is 365 g/mol. The minimum Gasteiger partial charge on any atom is -0.338 e. The predicted molar refractivity (Wildman–Crippen MR) is 98.8 cm³/mol. The lowest BCUT2D eigenvalue weighted by Crippen LogP contribution is -2.35. The van der Waals surface area contributed by atoms with Gasteiger partial charge in [-0.2, -0.15) is 0 Å². The molecule has 2 aromatic carbocycles. The van der Waals surface area contributed by atoms with E-state index in [1.54, 1.807) is 17.0 Å². The maximum absolute atomic E-state index is 13.8. The third-order valence-corrected chi connectivity index (χ3v) is 4.62. The fourth-order valence-electron chi connectivity index (χ4n) is 3.21. The van der Waals surface area contributed by atoms with Gasteiger partial charge in [0.25, 0.3) is 5.91 Å². The molecular formula is C21H17F2N3O. The summed E-state index contributed by atoms with van der Waals surface area (Å²) in [5, 5.41) is 2.79. The summed E-state index contributed by atoms with van der Waals surface area (Å²) >= 11 is 0. The lowest BCUT2D eigenvalue weighted by atomic mass is 9.99. The Morgan fingerprint density at radius 2 is 1.85 bits per heavy atom. The van der Waals surface area contributed by atoms with Gasteiger partial charge in [-0.3, -0.25) is 4.79 Å². The number of carbonyl (C=O) groups is 1. The molecule has 0 unspecified atom stereocenters. The van der Waals surface area contributed by atoms with Crippen molar-refractivity contribution < 1.29 is 13.6 Å².